The van der Waals surface area contributed by atoms with E-state index >= 15 is 0 Å². The van der Waals surface area contributed by atoms with Gasteiger partial charge in [-0.25, -0.2) is 0 Å². The van der Waals surface area contributed by atoms with Crippen molar-refractivity contribution in [2.24, 2.45) is 11.1 Å². The Hall–Kier alpha value is -1.10. The lowest BCUT2D eigenvalue weighted by molar-refractivity contribution is -0.140. The lowest BCUT2D eigenvalue weighted by Crippen LogP contribution is -2.45. The highest BCUT2D eigenvalue weighted by Crippen LogP contribution is 2.46. The minimum absolute atomic E-state index is 0.0421. The van der Waals surface area contributed by atoms with Crippen molar-refractivity contribution in [1.29, 1.82) is 0 Å². The first-order valence-corrected chi connectivity index (χ1v) is 5.79. The van der Waals surface area contributed by atoms with Gasteiger partial charge in [0.25, 0.3) is 0 Å². The second-order valence-corrected chi connectivity index (χ2v) is 4.38. The molecule has 16 heavy (non-hydrogen) atoms. The number of carbonyl (C=O) groups excluding carboxylic acids is 2. The third-order valence-electron chi connectivity index (χ3n) is 3.09. The zero-order chi connectivity index (χ0) is 12.2. The maximum Gasteiger partial charge on any atom is 0.239 e. The highest BCUT2D eigenvalue weighted by molar-refractivity contribution is 5.89. The third-order valence-corrected chi connectivity index (χ3v) is 3.09. The Balaban J connectivity index is 2.62. The van der Waals surface area contributed by atoms with Crippen LogP contribution in [0.15, 0.2) is 0 Å². The molecule has 1 fully saturated rings. The SMILES string of the molecule is CCCN(CC(=O)NC)C(=O)C1(CN)CC1. The molecule has 0 atom stereocenters. The van der Waals surface area contributed by atoms with Gasteiger partial charge in [-0.15, -0.1) is 0 Å². The second-order valence-electron chi connectivity index (χ2n) is 4.38. The van der Waals surface area contributed by atoms with Crippen LogP contribution in [0.5, 0.6) is 0 Å². The Bertz CT molecular complexity index is 274. The minimum Gasteiger partial charge on any atom is -0.358 e. The molecule has 0 aromatic carbocycles. The fraction of sp³-hybridized carbons (Fsp3) is 0.818. The summed E-state index contributed by atoms with van der Waals surface area (Å²) in [5.41, 5.74) is 5.26. The fourth-order valence-corrected chi connectivity index (χ4v) is 1.77. The van der Waals surface area contributed by atoms with Gasteiger partial charge < -0.3 is 16.0 Å². The number of hydrogen-bond acceptors (Lipinski definition) is 3. The zero-order valence-electron chi connectivity index (χ0n) is 10.1. The normalized spacial score (nSPS) is 16.7. The van der Waals surface area contributed by atoms with Crippen LogP contribution in [0.25, 0.3) is 0 Å². The van der Waals surface area contributed by atoms with Gasteiger partial charge in [0.15, 0.2) is 0 Å². The summed E-state index contributed by atoms with van der Waals surface area (Å²) in [7, 11) is 1.58. The number of nitrogens with one attached hydrogen (secondary N) is 1. The summed E-state index contributed by atoms with van der Waals surface area (Å²) < 4.78 is 0. The predicted octanol–water partition coefficient (Wildman–Crippen LogP) is -0.290. The van der Waals surface area contributed by atoms with Gasteiger partial charge in [-0.1, -0.05) is 6.92 Å². The molecule has 5 heteroatoms. The van der Waals surface area contributed by atoms with Crippen molar-refractivity contribution in [1.82, 2.24) is 10.2 Å². The zero-order valence-corrected chi connectivity index (χ0v) is 10.1. The van der Waals surface area contributed by atoms with Crippen LogP contribution in [0.4, 0.5) is 0 Å². The molecule has 1 saturated carbocycles. The molecule has 1 aliphatic carbocycles. The molecule has 2 amide bonds. The van der Waals surface area contributed by atoms with Crippen molar-refractivity contribution >= 4 is 11.8 Å². The third kappa shape index (κ3) is 2.72. The van der Waals surface area contributed by atoms with Crippen LogP contribution >= 0.6 is 0 Å². The minimum atomic E-state index is -0.358. The number of likely N-dealkylation sites (N-methyl/N-ethyl adjacent to an activating group) is 1. The molecule has 0 heterocycles. The van der Waals surface area contributed by atoms with E-state index in [9.17, 15) is 9.59 Å². The van der Waals surface area contributed by atoms with Gasteiger partial charge in [0.05, 0.1) is 12.0 Å². The molecule has 1 rings (SSSR count). The van der Waals surface area contributed by atoms with Crippen LogP contribution < -0.4 is 11.1 Å². The van der Waals surface area contributed by atoms with Gasteiger partial charge in [-0.2, -0.15) is 0 Å². The summed E-state index contributed by atoms with van der Waals surface area (Å²) in [6, 6.07) is 0. The smallest absolute Gasteiger partial charge is 0.239 e. The summed E-state index contributed by atoms with van der Waals surface area (Å²) in [6.45, 7) is 3.14. The van der Waals surface area contributed by atoms with Gasteiger partial charge in [-0.05, 0) is 19.3 Å². The second kappa shape index (κ2) is 5.30. The van der Waals surface area contributed by atoms with E-state index in [1.54, 1.807) is 11.9 Å². The Morgan fingerprint density at radius 2 is 2.06 bits per heavy atom. The maximum atomic E-state index is 12.2. The molecule has 1 aliphatic rings. The highest BCUT2D eigenvalue weighted by Gasteiger charge is 2.50. The monoisotopic (exact) mass is 227 g/mol. The van der Waals surface area contributed by atoms with Gasteiger partial charge in [0.2, 0.25) is 11.8 Å². The van der Waals surface area contributed by atoms with E-state index in [0.717, 1.165) is 19.3 Å². The Morgan fingerprint density at radius 1 is 1.44 bits per heavy atom. The van der Waals surface area contributed by atoms with E-state index in [4.69, 9.17) is 5.73 Å². The topological polar surface area (TPSA) is 75.4 Å². The van der Waals surface area contributed by atoms with E-state index < -0.39 is 0 Å². The van der Waals surface area contributed by atoms with E-state index in [2.05, 4.69) is 5.32 Å². The lowest BCUT2D eigenvalue weighted by Gasteiger charge is -2.25. The molecule has 3 N–H and O–H groups in total. The number of rotatable bonds is 6. The molecular weight excluding hydrogens is 206 g/mol. The molecule has 0 aromatic heterocycles. The summed E-state index contributed by atoms with van der Waals surface area (Å²) >= 11 is 0. The van der Waals surface area contributed by atoms with Crippen LogP contribution in [-0.2, 0) is 9.59 Å². The number of carbonyl (C=O) groups is 2. The van der Waals surface area contributed by atoms with Crippen molar-refractivity contribution in [2.45, 2.75) is 26.2 Å². The lowest BCUT2D eigenvalue weighted by atomic mass is 10.1. The molecule has 0 radical (unpaired) electrons. The van der Waals surface area contributed by atoms with Gasteiger partial charge in [0.1, 0.15) is 0 Å². The predicted molar refractivity (Wildman–Crippen MR) is 61.7 cm³/mol. The highest BCUT2D eigenvalue weighted by atomic mass is 16.2. The summed E-state index contributed by atoms with van der Waals surface area (Å²) in [5, 5.41) is 2.53. The van der Waals surface area contributed by atoms with Gasteiger partial charge in [0, 0.05) is 20.1 Å². The number of hydrogen-bond donors (Lipinski definition) is 2. The van der Waals surface area contributed by atoms with E-state index in [0.29, 0.717) is 13.1 Å². The van der Waals surface area contributed by atoms with E-state index in [-0.39, 0.29) is 23.8 Å². The molecule has 0 aliphatic heterocycles. The van der Waals surface area contributed by atoms with Crippen LogP contribution in [0, 0.1) is 5.41 Å². The number of amides is 2. The van der Waals surface area contributed by atoms with Crippen LogP contribution in [0.3, 0.4) is 0 Å². The summed E-state index contributed by atoms with van der Waals surface area (Å²) in [4.78, 5) is 25.1. The van der Waals surface area contributed by atoms with Crippen LogP contribution in [0.2, 0.25) is 0 Å². The molecule has 0 saturated heterocycles. The Labute approximate surface area is 96.4 Å². The summed E-state index contributed by atoms with van der Waals surface area (Å²) in [5.74, 6) is -0.0879. The van der Waals surface area contributed by atoms with Gasteiger partial charge in [-0.3, -0.25) is 9.59 Å². The molecule has 0 aromatic rings. The number of nitrogens with zero attached hydrogens (tertiary/aromatic N) is 1. The quantitative estimate of drug-likeness (QED) is 0.654. The van der Waals surface area contributed by atoms with Crippen molar-refractivity contribution in [3.05, 3.63) is 0 Å². The van der Waals surface area contributed by atoms with E-state index in [1.165, 1.54) is 0 Å². The first-order chi connectivity index (χ1) is 7.59. The molecule has 5 nitrogen and oxygen atoms in total. The Morgan fingerprint density at radius 3 is 2.44 bits per heavy atom. The Kier molecular flexibility index (Phi) is 4.29. The first kappa shape index (κ1) is 13.0. The fourth-order valence-electron chi connectivity index (χ4n) is 1.77. The van der Waals surface area contributed by atoms with Crippen LogP contribution in [0.1, 0.15) is 26.2 Å². The largest absolute Gasteiger partial charge is 0.358 e. The molecule has 0 bridgehead atoms. The van der Waals surface area contributed by atoms with Crippen molar-refractivity contribution in [3.8, 4) is 0 Å². The standard InChI is InChI=1S/C11H21N3O2/c1-3-6-14(7-9(15)13-2)10(16)11(8-12)4-5-11/h3-8,12H2,1-2H3,(H,13,15). The van der Waals surface area contributed by atoms with Crippen molar-refractivity contribution in [3.63, 3.8) is 0 Å². The average Bonchev–Trinajstić information content (AvgIpc) is 3.08. The number of nitrogens with two attached hydrogens (primary N) is 1. The van der Waals surface area contributed by atoms with Crippen molar-refractivity contribution in [2.75, 3.05) is 26.7 Å². The molecule has 0 unspecified atom stereocenters. The molecule has 0 spiro atoms. The summed E-state index contributed by atoms with van der Waals surface area (Å²) in [6.07, 6.45) is 2.57. The molecular formula is C11H21N3O2. The molecule has 92 valence electrons. The maximum absolute atomic E-state index is 12.2. The first-order valence-electron chi connectivity index (χ1n) is 5.79. The van der Waals surface area contributed by atoms with Gasteiger partial charge >= 0.3 is 0 Å². The van der Waals surface area contributed by atoms with Crippen molar-refractivity contribution < 1.29 is 9.59 Å². The van der Waals surface area contributed by atoms with E-state index in [1.807, 2.05) is 6.92 Å². The average molecular weight is 227 g/mol. The van der Waals surface area contributed by atoms with Crippen LogP contribution in [-0.4, -0.2) is 43.4 Å².